The molecule has 0 spiro atoms. The zero-order chi connectivity index (χ0) is 19.6. The summed E-state index contributed by atoms with van der Waals surface area (Å²) < 4.78 is 5.29. The lowest BCUT2D eigenvalue weighted by atomic mass is 10.1. The third kappa shape index (κ3) is 4.00. The summed E-state index contributed by atoms with van der Waals surface area (Å²) in [6, 6.07) is 7.56. The molecule has 0 saturated carbocycles. The third-order valence-electron chi connectivity index (χ3n) is 4.35. The first-order valence-electron chi connectivity index (χ1n) is 8.77. The minimum absolute atomic E-state index is 0.275. The highest BCUT2D eigenvalue weighted by molar-refractivity contribution is 7.17. The molecular formula is C19H21N3O4S. The number of thiazole rings is 1. The summed E-state index contributed by atoms with van der Waals surface area (Å²) in [6.07, 6.45) is -0.0921. The average Bonchev–Trinajstić information content (AvgIpc) is 3.26. The Morgan fingerprint density at radius 2 is 2.04 bits per heavy atom. The maximum atomic E-state index is 12.5. The Morgan fingerprint density at radius 1 is 1.33 bits per heavy atom. The van der Waals surface area contributed by atoms with Gasteiger partial charge in [-0.1, -0.05) is 31.2 Å². The molecular weight excluding hydrogens is 366 g/mol. The van der Waals surface area contributed by atoms with Crippen LogP contribution in [0, 0.1) is 6.92 Å². The molecule has 1 atom stereocenters. The standard InChI is InChI=1S/C19H21N3O4S/c1-4-13-5-7-14(8-6-13)16-21-11(2)15(27-16)18(24)26-12(3)17(23)22-10-9-20-19(22)25/h5-8,12H,4,9-10H2,1-3H3,(H,20,25)/t12-/m1/s1. The first kappa shape index (κ1) is 19.0. The number of carbonyl (C=O) groups excluding carboxylic acids is 3. The first-order chi connectivity index (χ1) is 12.9. The lowest BCUT2D eigenvalue weighted by molar-refractivity contribution is -0.136. The molecule has 2 aromatic rings. The fourth-order valence-corrected chi connectivity index (χ4v) is 3.71. The number of amides is 3. The summed E-state index contributed by atoms with van der Waals surface area (Å²) >= 11 is 1.23. The summed E-state index contributed by atoms with van der Waals surface area (Å²) in [5.41, 5.74) is 2.71. The number of carbonyl (C=O) groups is 3. The molecule has 8 heteroatoms. The number of rotatable bonds is 5. The van der Waals surface area contributed by atoms with Gasteiger partial charge in [0.2, 0.25) is 0 Å². The van der Waals surface area contributed by atoms with E-state index in [1.54, 1.807) is 6.92 Å². The van der Waals surface area contributed by atoms with Gasteiger partial charge in [-0.25, -0.2) is 14.6 Å². The highest BCUT2D eigenvalue weighted by atomic mass is 32.1. The molecule has 0 aliphatic carbocycles. The molecule has 1 aromatic heterocycles. The van der Waals surface area contributed by atoms with Crippen molar-refractivity contribution in [3.05, 3.63) is 40.4 Å². The Hall–Kier alpha value is -2.74. The SMILES string of the molecule is CCc1ccc(-c2nc(C)c(C(=O)O[C@H](C)C(=O)N3CCNC3=O)s2)cc1. The largest absolute Gasteiger partial charge is 0.448 e. The second-order valence-corrected chi connectivity index (χ2v) is 7.25. The molecule has 0 bridgehead atoms. The second-order valence-electron chi connectivity index (χ2n) is 6.25. The first-order valence-corrected chi connectivity index (χ1v) is 9.59. The van der Waals surface area contributed by atoms with Crippen LogP contribution in [0.5, 0.6) is 0 Å². The van der Waals surface area contributed by atoms with Crippen LogP contribution < -0.4 is 5.32 Å². The third-order valence-corrected chi connectivity index (χ3v) is 5.53. The topological polar surface area (TPSA) is 88.6 Å². The van der Waals surface area contributed by atoms with Crippen molar-refractivity contribution in [1.29, 1.82) is 0 Å². The number of nitrogens with zero attached hydrogens (tertiary/aromatic N) is 2. The van der Waals surface area contributed by atoms with Crippen molar-refractivity contribution in [2.24, 2.45) is 0 Å². The van der Waals surface area contributed by atoms with Crippen LogP contribution >= 0.6 is 11.3 Å². The number of imide groups is 1. The lowest BCUT2D eigenvalue weighted by Crippen LogP contribution is -2.41. The Kier molecular flexibility index (Phi) is 5.55. The van der Waals surface area contributed by atoms with E-state index in [4.69, 9.17) is 4.74 Å². The normalized spacial score (nSPS) is 14.8. The van der Waals surface area contributed by atoms with E-state index < -0.39 is 24.0 Å². The van der Waals surface area contributed by atoms with Crippen molar-refractivity contribution in [1.82, 2.24) is 15.2 Å². The maximum absolute atomic E-state index is 12.5. The number of esters is 1. The van der Waals surface area contributed by atoms with Gasteiger partial charge in [-0.15, -0.1) is 11.3 Å². The summed E-state index contributed by atoms with van der Waals surface area (Å²) in [6.45, 7) is 5.96. The van der Waals surface area contributed by atoms with Gasteiger partial charge in [-0.3, -0.25) is 9.69 Å². The summed E-state index contributed by atoms with van der Waals surface area (Å²) in [5, 5.41) is 3.27. The van der Waals surface area contributed by atoms with Crippen LogP contribution in [0.4, 0.5) is 4.79 Å². The molecule has 1 aromatic carbocycles. The molecule has 7 nitrogen and oxygen atoms in total. The number of hydrogen-bond donors (Lipinski definition) is 1. The molecule has 1 fully saturated rings. The predicted octanol–water partition coefficient (Wildman–Crippen LogP) is 2.78. The van der Waals surface area contributed by atoms with Gasteiger partial charge in [0.25, 0.3) is 5.91 Å². The van der Waals surface area contributed by atoms with Crippen molar-refractivity contribution in [3.63, 3.8) is 0 Å². The van der Waals surface area contributed by atoms with Crippen LogP contribution in [0.25, 0.3) is 10.6 Å². The van der Waals surface area contributed by atoms with Crippen molar-refractivity contribution in [2.75, 3.05) is 13.1 Å². The van der Waals surface area contributed by atoms with E-state index in [1.165, 1.54) is 23.8 Å². The fourth-order valence-electron chi connectivity index (χ4n) is 2.76. The Labute approximate surface area is 161 Å². The number of benzene rings is 1. The molecule has 0 radical (unpaired) electrons. The van der Waals surface area contributed by atoms with Crippen LogP contribution in [0.15, 0.2) is 24.3 Å². The van der Waals surface area contributed by atoms with E-state index in [2.05, 4.69) is 17.2 Å². The quantitative estimate of drug-likeness (QED) is 0.797. The summed E-state index contributed by atoms with van der Waals surface area (Å²) in [4.78, 5) is 42.2. The molecule has 3 amide bonds. The monoisotopic (exact) mass is 387 g/mol. The van der Waals surface area contributed by atoms with E-state index in [-0.39, 0.29) is 6.54 Å². The molecule has 1 saturated heterocycles. The summed E-state index contributed by atoms with van der Waals surface area (Å²) in [7, 11) is 0. The minimum atomic E-state index is -1.05. The highest BCUT2D eigenvalue weighted by Crippen LogP contribution is 2.29. The van der Waals surface area contributed by atoms with Crippen molar-refractivity contribution in [3.8, 4) is 10.6 Å². The molecule has 3 rings (SSSR count). The number of aryl methyl sites for hydroxylation is 2. The lowest BCUT2D eigenvalue weighted by Gasteiger charge is -2.17. The van der Waals surface area contributed by atoms with Gasteiger partial charge in [-0.2, -0.15) is 0 Å². The van der Waals surface area contributed by atoms with E-state index in [1.807, 2.05) is 24.3 Å². The van der Waals surface area contributed by atoms with Crippen LogP contribution in [0.1, 0.15) is 34.8 Å². The highest BCUT2D eigenvalue weighted by Gasteiger charge is 2.32. The molecule has 27 heavy (non-hydrogen) atoms. The number of hydrogen-bond acceptors (Lipinski definition) is 6. The van der Waals surface area contributed by atoms with Gasteiger partial charge in [0.05, 0.1) is 5.69 Å². The smallest absolute Gasteiger partial charge is 0.351 e. The number of ether oxygens (including phenoxy) is 1. The predicted molar refractivity (Wildman–Crippen MR) is 102 cm³/mol. The number of urea groups is 1. The van der Waals surface area contributed by atoms with Crippen LogP contribution in [-0.2, 0) is 16.0 Å². The second kappa shape index (κ2) is 7.87. The van der Waals surface area contributed by atoms with Crippen molar-refractivity contribution >= 4 is 29.2 Å². The zero-order valence-electron chi connectivity index (χ0n) is 15.4. The van der Waals surface area contributed by atoms with E-state index in [9.17, 15) is 14.4 Å². The van der Waals surface area contributed by atoms with Crippen molar-refractivity contribution < 1.29 is 19.1 Å². The number of aromatic nitrogens is 1. The van der Waals surface area contributed by atoms with E-state index in [0.717, 1.165) is 21.9 Å². The van der Waals surface area contributed by atoms with Gasteiger partial charge in [0, 0.05) is 18.7 Å². The Balaban J connectivity index is 1.72. The van der Waals surface area contributed by atoms with Gasteiger partial charge in [0.1, 0.15) is 9.88 Å². The van der Waals surface area contributed by atoms with Crippen LogP contribution in [0.2, 0.25) is 0 Å². The molecule has 0 unspecified atom stereocenters. The molecule has 142 valence electrons. The van der Waals surface area contributed by atoms with Crippen LogP contribution in [0.3, 0.4) is 0 Å². The molecule has 1 aliphatic rings. The van der Waals surface area contributed by atoms with Gasteiger partial charge in [-0.05, 0) is 25.8 Å². The molecule has 1 aliphatic heterocycles. The Morgan fingerprint density at radius 3 is 2.63 bits per heavy atom. The number of nitrogens with one attached hydrogen (secondary N) is 1. The fraction of sp³-hybridized carbons (Fsp3) is 0.368. The van der Waals surface area contributed by atoms with Gasteiger partial charge >= 0.3 is 12.0 Å². The average molecular weight is 387 g/mol. The Bertz CT molecular complexity index is 876. The minimum Gasteiger partial charge on any atom is -0.448 e. The zero-order valence-corrected chi connectivity index (χ0v) is 16.3. The molecule has 2 heterocycles. The van der Waals surface area contributed by atoms with Crippen molar-refractivity contribution in [2.45, 2.75) is 33.3 Å². The summed E-state index contributed by atoms with van der Waals surface area (Å²) in [5.74, 6) is -1.14. The van der Waals surface area contributed by atoms with E-state index >= 15 is 0 Å². The van der Waals surface area contributed by atoms with Gasteiger partial charge < -0.3 is 10.1 Å². The van der Waals surface area contributed by atoms with E-state index in [0.29, 0.717) is 17.1 Å². The van der Waals surface area contributed by atoms with Gasteiger partial charge in [0.15, 0.2) is 6.10 Å². The molecule has 1 N–H and O–H groups in total. The maximum Gasteiger partial charge on any atom is 0.351 e. The van der Waals surface area contributed by atoms with Crippen LogP contribution in [-0.4, -0.2) is 47.0 Å².